The van der Waals surface area contributed by atoms with Crippen LogP contribution in [0.1, 0.15) is 57.3 Å². The van der Waals surface area contributed by atoms with Crippen LogP contribution in [0, 0.1) is 5.41 Å². The Balaban J connectivity index is 2.95. The lowest BCUT2D eigenvalue weighted by Gasteiger charge is -2.26. The van der Waals surface area contributed by atoms with Crippen LogP contribution in [0.25, 0.3) is 0 Å². The van der Waals surface area contributed by atoms with Gasteiger partial charge in [0, 0.05) is 15.8 Å². The number of nitrogens with two attached hydrogens (primary N) is 1. The summed E-state index contributed by atoms with van der Waals surface area (Å²) in [5.41, 5.74) is 6.61. The minimum Gasteiger partial charge on any atom is -0.323 e. The first kappa shape index (κ1) is 12.7. The first-order valence-corrected chi connectivity index (χ1v) is 6.30. The van der Waals surface area contributed by atoms with Gasteiger partial charge in [-0.05, 0) is 23.0 Å². The van der Waals surface area contributed by atoms with Gasteiger partial charge in [0.05, 0.1) is 0 Å². The molecule has 0 bridgehead atoms. The van der Waals surface area contributed by atoms with E-state index < -0.39 is 0 Å². The number of rotatable bonds is 1. The van der Waals surface area contributed by atoms with Crippen LogP contribution in [0.5, 0.6) is 0 Å². The van der Waals surface area contributed by atoms with Gasteiger partial charge in [0.1, 0.15) is 0 Å². The van der Waals surface area contributed by atoms with Crippen LogP contribution < -0.4 is 5.73 Å². The summed E-state index contributed by atoms with van der Waals surface area (Å²) in [7, 11) is 0. The fraction of sp³-hybridized carbons (Fsp3) is 0.692. The predicted molar refractivity (Wildman–Crippen MR) is 69.4 cm³/mol. The maximum atomic E-state index is 6.24. The summed E-state index contributed by atoms with van der Waals surface area (Å²) in [6.07, 6.45) is 0. The van der Waals surface area contributed by atoms with E-state index in [0.717, 1.165) is 0 Å². The second-order valence-corrected chi connectivity index (χ2v) is 7.41. The highest BCUT2D eigenvalue weighted by Crippen LogP contribution is 2.37. The summed E-state index contributed by atoms with van der Waals surface area (Å²) in [6, 6.07) is 4.53. The van der Waals surface area contributed by atoms with Gasteiger partial charge in [0.15, 0.2) is 0 Å². The molecule has 1 aromatic rings. The lowest BCUT2D eigenvalue weighted by atomic mass is 9.86. The van der Waals surface area contributed by atoms with E-state index in [1.54, 1.807) is 0 Å². The normalized spacial score (nSPS) is 15.4. The molecule has 1 aromatic heterocycles. The minimum atomic E-state index is 0.138. The predicted octanol–water partition coefficient (Wildman–Crippen LogP) is 4.09. The largest absolute Gasteiger partial charge is 0.323 e. The van der Waals surface area contributed by atoms with Gasteiger partial charge >= 0.3 is 0 Å². The molecule has 2 heteroatoms. The Morgan fingerprint density at radius 1 is 1.07 bits per heavy atom. The van der Waals surface area contributed by atoms with E-state index in [1.807, 2.05) is 11.3 Å². The molecule has 1 nitrogen and oxygen atoms in total. The first-order valence-electron chi connectivity index (χ1n) is 5.48. The van der Waals surface area contributed by atoms with Crippen molar-refractivity contribution in [3.05, 3.63) is 21.9 Å². The van der Waals surface area contributed by atoms with Gasteiger partial charge in [0.2, 0.25) is 0 Å². The maximum absolute atomic E-state index is 6.24. The molecule has 15 heavy (non-hydrogen) atoms. The Morgan fingerprint density at radius 2 is 1.60 bits per heavy atom. The summed E-state index contributed by atoms with van der Waals surface area (Å²) in [5.74, 6) is 0. The van der Waals surface area contributed by atoms with Crippen molar-refractivity contribution in [1.29, 1.82) is 0 Å². The topological polar surface area (TPSA) is 26.0 Å². The molecule has 86 valence electrons. The lowest BCUT2D eigenvalue weighted by molar-refractivity contribution is 0.331. The molecule has 0 saturated carbocycles. The van der Waals surface area contributed by atoms with E-state index in [9.17, 15) is 0 Å². The smallest absolute Gasteiger partial charge is 0.0439 e. The van der Waals surface area contributed by atoms with E-state index >= 15 is 0 Å². The Kier molecular flexibility index (Phi) is 3.32. The summed E-state index contributed by atoms with van der Waals surface area (Å²) >= 11 is 1.85. The Morgan fingerprint density at radius 3 is 1.93 bits per heavy atom. The molecule has 0 aliphatic carbocycles. The maximum Gasteiger partial charge on any atom is 0.0439 e. The van der Waals surface area contributed by atoms with Gasteiger partial charge in [-0.1, -0.05) is 41.5 Å². The molecule has 0 fully saturated rings. The second-order valence-electron chi connectivity index (χ2n) is 6.30. The zero-order valence-corrected chi connectivity index (χ0v) is 11.5. The van der Waals surface area contributed by atoms with E-state index in [1.165, 1.54) is 9.75 Å². The highest BCUT2D eigenvalue weighted by Gasteiger charge is 2.25. The zero-order chi connectivity index (χ0) is 11.9. The van der Waals surface area contributed by atoms with E-state index in [4.69, 9.17) is 5.73 Å². The van der Waals surface area contributed by atoms with Crippen molar-refractivity contribution in [1.82, 2.24) is 0 Å². The molecule has 0 saturated heterocycles. The summed E-state index contributed by atoms with van der Waals surface area (Å²) < 4.78 is 0. The summed E-state index contributed by atoms with van der Waals surface area (Å²) in [5, 5.41) is 0. The minimum absolute atomic E-state index is 0.138. The van der Waals surface area contributed by atoms with Crippen LogP contribution in [0.4, 0.5) is 0 Å². The first-order chi connectivity index (χ1) is 6.62. The van der Waals surface area contributed by atoms with Crippen LogP contribution in [0.15, 0.2) is 12.1 Å². The summed E-state index contributed by atoms with van der Waals surface area (Å²) in [4.78, 5) is 2.71. The molecule has 1 rings (SSSR count). The van der Waals surface area contributed by atoms with Crippen molar-refractivity contribution in [2.24, 2.45) is 11.1 Å². The van der Waals surface area contributed by atoms with Crippen molar-refractivity contribution >= 4 is 11.3 Å². The monoisotopic (exact) mass is 225 g/mol. The Hall–Kier alpha value is -0.340. The highest BCUT2D eigenvalue weighted by molar-refractivity contribution is 7.12. The molecule has 0 spiro atoms. The molecule has 0 aliphatic heterocycles. The van der Waals surface area contributed by atoms with Crippen LogP contribution in [0.2, 0.25) is 0 Å². The molecule has 0 aliphatic rings. The van der Waals surface area contributed by atoms with Gasteiger partial charge in [-0.15, -0.1) is 11.3 Å². The van der Waals surface area contributed by atoms with Crippen molar-refractivity contribution in [2.75, 3.05) is 0 Å². The molecular formula is C13H23NS. The fourth-order valence-electron chi connectivity index (χ4n) is 1.35. The molecular weight excluding hydrogens is 202 g/mol. The third-order valence-electron chi connectivity index (χ3n) is 2.61. The van der Waals surface area contributed by atoms with Gasteiger partial charge in [0.25, 0.3) is 0 Å². The third-order valence-corrected chi connectivity index (χ3v) is 4.20. The average Bonchev–Trinajstić information content (AvgIpc) is 2.47. The van der Waals surface area contributed by atoms with E-state index in [2.05, 4.69) is 53.7 Å². The number of thiophene rings is 1. The summed E-state index contributed by atoms with van der Waals surface area (Å²) in [6.45, 7) is 13.3. The third kappa shape index (κ3) is 3.05. The van der Waals surface area contributed by atoms with Gasteiger partial charge in [-0.2, -0.15) is 0 Å². The van der Waals surface area contributed by atoms with Gasteiger partial charge in [-0.3, -0.25) is 0 Å². The molecule has 0 radical (unpaired) electrons. The highest BCUT2D eigenvalue weighted by atomic mass is 32.1. The van der Waals surface area contributed by atoms with Crippen LogP contribution in [-0.2, 0) is 5.41 Å². The molecule has 0 amide bonds. The van der Waals surface area contributed by atoms with Crippen LogP contribution in [-0.4, -0.2) is 0 Å². The SMILES string of the molecule is CC(C)(C)c1ccc(C(N)C(C)(C)C)s1. The number of hydrogen-bond acceptors (Lipinski definition) is 2. The number of hydrogen-bond donors (Lipinski definition) is 1. The molecule has 0 aromatic carbocycles. The average molecular weight is 225 g/mol. The van der Waals surface area contributed by atoms with Crippen molar-refractivity contribution in [3.63, 3.8) is 0 Å². The van der Waals surface area contributed by atoms with Crippen LogP contribution >= 0.6 is 11.3 Å². The van der Waals surface area contributed by atoms with Gasteiger partial charge < -0.3 is 5.73 Å². The Bertz CT molecular complexity index is 325. The van der Waals surface area contributed by atoms with Crippen LogP contribution in [0.3, 0.4) is 0 Å². The molecule has 2 N–H and O–H groups in total. The second kappa shape index (κ2) is 3.91. The fourth-order valence-corrected chi connectivity index (χ4v) is 2.66. The molecule has 1 heterocycles. The lowest BCUT2D eigenvalue weighted by Crippen LogP contribution is -2.25. The standard InChI is InChI=1S/C13H23NS/c1-12(2,3)10-8-7-9(15-10)11(14)13(4,5)6/h7-8,11H,14H2,1-6H3. The van der Waals surface area contributed by atoms with Crippen molar-refractivity contribution in [2.45, 2.75) is 53.0 Å². The zero-order valence-electron chi connectivity index (χ0n) is 10.7. The van der Waals surface area contributed by atoms with E-state index in [-0.39, 0.29) is 16.9 Å². The quantitative estimate of drug-likeness (QED) is 0.765. The molecule has 1 atom stereocenters. The Labute approximate surface area is 97.7 Å². The molecule has 1 unspecified atom stereocenters. The van der Waals surface area contributed by atoms with E-state index in [0.29, 0.717) is 0 Å². The van der Waals surface area contributed by atoms with Gasteiger partial charge in [-0.25, -0.2) is 0 Å². The van der Waals surface area contributed by atoms with Crippen molar-refractivity contribution in [3.8, 4) is 0 Å². The van der Waals surface area contributed by atoms with Crippen molar-refractivity contribution < 1.29 is 0 Å².